The van der Waals surface area contributed by atoms with E-state index in [1.165, 1.54) is 6.42 Å². The zero-order valence-corrected chi connectivity index (χ0v) is 11.6. The van der Waals surface area contributed by atoms with E-state index >= 15 is 0 Å². The summed E-state index contributed by atoms with van der Waals surface area (Å²) in [4.78, 5) is 14.0. The van der Waals surface area contributed by atoms with Crippen LogP contribution in [0.5, 0.6) is 5.75 Å². The van der Waals surface area contributed by atoms with E-state index in [-0.39, 0.29) is 12.1 Å². The molecule has 1 aliphatic rings. The first kappa shape index (κ1) is 13.9. The number of amides is 1. The molecule has 4 heteroatoms. The van der Waals surface area contributed by atoms with Crippen LogP contribution >= 0.6 is 0 Å². The number of para-hydroxylation sites is 1. The first-order valence-corrected chi connectivity index (χ1v) is 6.93. The molecule has 1 fully saturated rings. The predicted molar refractivity (Wildman–Crippen MR) is 75.3 cm³/mol. The zero-order valence-electron chi connectivity index (χ0n) is 11.6. The van der Waals surface area contributed by atoms with Crippen LogP contribution in [0.25, 0.3) is 0 Å². The summed E-state index contributed by atoms with van der Waals surface area (Å²) in [6.45, 7) is 5.79. The Morgan fingerprint density at radius 3 is 2.74 bits per heavy atom. The zero-order chi connectivity index (χ0) is 13.7. The van der Waals surface area contributed by atoms with E-state index in [4.69, 9.17) is 4.74 Å². The number of hydrogen-bond acceptors (Lipinski definition) is 3. The quantitative estimate of drug-likeness (QED) is 0.907. The number of nitrogens with one attached hydrogen (secondary N) is 1. The Morgan fingerprint density at radius 1 is 1.42 bits per heavy atom. The molecule has 1 N–H and O–H groups in total. The summed E-state index contributed by atoms with van der Waals surface area (Å²) in [7, 11) is 0. The van der Waals surface area contributed by atoms with Gasteiger partial charge in [-0.05, 0) is 45.4 Å². The number of hydrogen-bond donors (Lipinski definition) is 1. The van der Waals surface area contributed by atoms with Crippen LogP contribution in [0.4, 0.5) is 4.79 Å². The Morgan fingerprint density at radius 2 is 2.16 bits per heavy atom. The summed E-state index contributed by atoms with van der Waals surface area (Å²) in [6.07, 6.45) is 2.04. The third-order valence-corrected chi connectivity index (χ3v) is 3.39. The lowest BCUT2D eigenvalue weighted by molar-refractivity contribution is 0.133. The summed E-state index contributed by atoms with van der Waals surface area (Å²) in [5.41, 5.74) is 0. The maximum absolute atomic E-state index is 12.2. The van der Waals surface area contributed by atoms with Gasteiger partial charge in [-0.3, -0.25) is 0 Å². The van der Waals surface area contributed by atoms with Gasteiger partial charge in [-0.25, -0.2) is 4.79 Å². The van der Waals surface area contributed by atoms with E-state index in [1.807, 2.05) is 32.0 Å². The molecule has 1 unspecified atom stereocenters. The summed E-state index contributed by atoms with van der Waals surface area (Å²) < 4.78 is 5.41. The van der Waals surface area contributed by atoms with Crippen LogP contribution in [0.15, 0.2) is 30.3 Å². The predicted octanol–water partition coefficient (Wildman–Crippen LogP) is 2.65. The number of ether oxygens (including phenoxy) is 1. The molecule has 19 heavy (non-hydrogen) atoms. The number of carbonyl (C=O) groups excluding carboxylic acids is 1. The topological polar surface area (TPSA) is 41.6 Å². The van der Waals surface area contributed by atoms with Gasteiger partial charge < -0.3 is 15.0 Å². The van der Waals surface area contributed by atoms with Gasteiger partial charge in [0.2, 0.25) is 0 Å². The molecule has 1 saturated heterocycles. The van der Waals surface area contributed by atoms with Crippen LogP contribution in [0.1, 0.15) is 26.7 Å². The normalized spacial score (nSPS) is 18.6. The SMILES string of the molecule is CC(C)N(CC1CCCN1)C(=O)Oc1ccccc1. The van der Waals surface area contributed by atoms with Crippen molar-refractivity contribution in [1.29, 1.82) is 0 Å². The molecule has 104 valence electrons. The van der Waals surface area contributed by atoms with Crippen molar-refractivity contribution in [2.24, 2.45) is 0 Å². The molecule has 2 rings (SSSR count). The molecule has 4 nitrogen and oxygen atoms in total. The lowest BCUT2D eigenvalue weighted by Crippen LogP contribution is -2.46. The summed E-state index contributed by atoms with van der Waals surface area (Å²) in [5, 5.41) is 3.41. The van der Waals surface area contributed by atoms with Crippen molar-refractivity contribution in [2.45, 2.75) is 38.8 Å². The first-order valence-electron chi connectivity index (χ1n) is 6.93. The fraction of sp³-hybridized carbons (Fsp3) is 0.533. The maximum Gasteiger partial charge on any atom is 0.415 e. The Kier molecular flexibility index (Phi) is 4.80. The second kappa shape index (κ2) is 6.57. The molecule has 0 radical (unpaired) electrons. The second-order valence-corrected chi connectivity index (χ2v) is 5.22. The lowest BCUT2D eigenvalue weighted by Gasteiger charge is -2.28. The number of rotatable bonds is 4. The molecular weight excluding hydrogens is 240 g/mol. The minimum Gasteiger partial charge on any atom is -0.410 e. The van der Waals surface area contributed by atoms with Gasteiger partial charge in [-0.15, -0.1) is 0 Å². The molecule has 0 saturated carbocycles. The van der Waals surface area contributed by atoms with Gasteiger partial charge in [-0.1, -0.05) is 18.2 Å². The minimum atomic E-state index is -0.269. The van der Waals surface area contributed by atoms with Gasteiger partial charge in [0.1, 0.15) is 5.75 Å². The largest absolute Gasteiger partial charge is 0.415 e. The van der Waals surface area contributed by atoms with E-state index in [0.29, 0.717) is 18.3 Å². The average molecular weight is 262 g/mol. The van der Waals surface area contributed by atoms with Gasteiger partial charge in [0.15, 0.2) is 0 Å². The highest BCUT2D eigenvalue weighted by atomic mass is 16.6. The average Bonchev–Trinajstić information content (AvgIpc) is 2.89. The minimum absolute atomic E-state index is 0.138. The van der Waals surface area contributed by atoms with Gasteiger partial charge in [0.25, 0.3) is 0 Å². The molecule has 0 aliphatic carbocycles. The van der Waals surface area contributed by atoms with Crippen molar-refractivity contribution in [3.8, 4) is 5.75 Å². The van der Waals surface area contributed by atoms with E-state index in [1.54, 1.807) is 17.0 Å². The Balaban J connectivity index is 1.96. The molecule has 0 aromatic heterocycles. The van der Waals surface area contributed by atoms with E-state index in [2.05, 4.69) is 5.32 Å². The van der Waals surface area contributed by atoms with E-state index in [9.17, 15) is 4.79 Å². The first-order chi connectivity index (χ1) is 9.16. The molecule has 1 aromatic rings. The number of nitrogens with zero attached hydrogens (tertiary/aromatic N) is 1. The van der Waals surface area contributed by atoms with Crippen molar-refractivity contribution in [2.75, 3.05) is 13.1 Å². The monoisotopic (exact) mass is 262 g/mol. The van der Waals surface area contributed by atoms with Crippen molar-refractivity contribution in [3.63, 3.8) is 0 Å². The smallest absolute Gasteiger partial charge is 0.410 e. The van der Waals surface area contributed by atoms with Crippen LogP contribution in [-0.2, 0) is 0 Å². The van der Waals surface area contributed by atoms with Gasteiger partial charge in [0, 0.05) is 18.6 Å². The summed E-state index contributed by atoms with van der Waals surface area (Å²) >= 11 is 0. The van der Waals surface area contributed by atoms with Crippen LogP contribution < -0.4 is 10.1 Å². The summed E-state index contributed by atoms with van der Waals surface area (Å²) in [6, 6.07) is 9.75. The van der Waals surface area contributed by atoms with Crippen LogP contribution in [0, 0.1) is 0 Å². The highest BCUT2D eigenvalue weighted by Crippen LogP contribution is 2.14. The fourth-order valence-electron chi connectivity index (χ4n) is 2.29. The van der Waals surface area contributed by atoms with Crippen molar-refractivity contribution in [1.82, 2.24) is 10.2 Å². The standard InChI is InChI=1S/C15H22N2O2/c1-12(2)17(11-13-7-6-10-16-13)15(18)19-14-8-4-3-5-9-14/h3-5,8-9,12-13,16H,6-7,10-11H2,1-2H3. The second-order valence-electron chi connectivity index (χ2n) is 5.22. The van der Waals surface area contributed by atoms with Gasteiger partial charge >= 0.3 is 6.09 Å². The Bertz CT molecular complexity index is 400. The Hall–Kier alpha value is -1.55. The third kappa shape index (κ3) is 3.96. The molecule has 1 aliphatic heterocycles. The molecule has 1 atom stereocenters. The van der Waals surface area contributed by atoms with E-state index < -0.39 is 0 Å². The van der Waals surface area contributed by atoms with Crippen LogP contribution in [0.3, 0.4) is 0 Å². The molecule has 0 bridgehead atoms. The van der Waals surface area contributed by atoms with Crippen molar-refractivity contribution >= 4 is 6.09 Å². The molecule has 1 heterocycles. The van der Waals surface area contributed by atoms with E-state index in [0.717, 1.165) is 13.0 Å². The lowest BCUT2D eigenvalue weighted by atomic mass is 10.2. The fourth-order valence-corrected chi connectivity index (χ4v) is 2.29. The van der Waals surface area contributed by atoms with Crippen LogP contribution in [0.2, 0.25) is 0 Å². The number of carbonyl (C=O) groups is 1. The van der Waals surface area contributed by atoms with Crippen LogP contribution in [-0.4, -0.2) is 36.2 Å². The maximum atomic E-state index is 12.2. The summed E-state index contributed by atoms with van der Waals surface area (Å²) in [5.74, 6) is 0.595. The van der Waals surface area contributed by atoms with Crippen molar-refractivity contribution in [3.05, 3.63) is 30.3 Å². The molecule has 1 aromatic carbocycles. The van der Waals surface area contributed by atoms with Gasteiger partial charge in [0.05, 0.1) is 0 Å². The van der Waals surface area contributed by atoms with Gasteiger partial charge in [-0.2, -0.15) is 0 Å². The van der Waals surface area contributed by atoms with Crippen molar-refractivity contribution < 1.29 is 9.53 Å². The molecule has 1 amide bonds. The third-order valence-electron chi connectivity index (χ3n) is 3.39. The number of benzene rings is 1. The Labute approximate surface area is 114 Å². The highest BCUT2D eigenvalue weighted by Gasteiger charge is 2.24. The highest BCUT2D eigenvalue weighted by molar-refractivity contribution is 5.71. The molecular formula is C15H22N2O2. The molecule has 0 spiro atoms.